The van der Waals surface area contributed by atoms with Crippen molar-refractivity contribution in [1.82, 2.24) is 15.0 Å². The molecule has 2 heterocycles. The Labute approximate surface area is 374 Å². The summed E-state index contributed by atoms with van der Waals surface area (Å²) in [5.74, 6) is 1.84. The van der Waals surface area contributed by atoms with E-state index in [4.69, 9.17) is 15.0 Å². The minimum atomic E-state index is -0.368. The number of hydrogen-bond donors (Lipinski definition) is 0. The Morgan fingerprint density at radius 3 is 1.55 bits per heavy atom. The number of thiophene rings is 1. The molecule has 0 unspecified atom stereocenters. The van der Waals surface area contributed by atoms with Gasteiger partial charge in [-0.2, -0.15) is 5.26 Å². The van der Waals surface area contributed by atoms with Crippen molar-refractivity contribution in [1.29, 1.82) is 5.26 Å². The standard InChI is InChI=1S/C59H34N4S/c60-35-36-24-33-53-48(34-36)45-18-10-19-47(55(45)64-53)58-62-56(40-12-2-1-3-13-40)61-57(63-58)41-31-27-38(28-32-41)37-25-29-39(30-26-37)42-17-11-23-52-54(42)46-16-6-9-22-51(46)59(52)49-20-7-4-14-43(49)44-15-5-8-21-50(44)59/h1-34H. The minimum absolute atomic E-state index is 0.368. The van der Waals surface area contributed by atoms with E-state index in [9.17, 15) is 5.26 Å². The molecule has 0 aliphatic heterocycles. The van der Waals surface area contributed by atoms with Gasteiger partial charge in [-0.25, -0.2) is 15.0 Å². The molecule has 9 aromatic carbocycles. The van der Waals surface area contributed by atoms with Gasteiger partial charge in [0.05, 0.1) is 17.0 Å². The van der Waals surface area contributed by atoms with E-state index in [1.165, 1.54) is 55.6 Å². The summed E-state index contributed by atoms with van der Waals surface area (Å²) in [5, 5.41) is 11.8. The van der Waals surface area contributed by atoms with Crippen LogP contribution in [0.5, 0.6) is 0 Å². The second-order valence-corrected chi connectivity index (χ2v) is 17.6. The molecule has 0 N–H and O–H groups in total. The molecule has 2 aromatic heterocycles. The highest BCUT2D eigenvalue weighted by molar-refractivity contribution is 7.26. The highest BCUT2D eigenvalue weighted by Crippen LogP contribution is 2.64. The van der Waals surface area contributed by atoms with Crippen molar-refractivity contribution < 1.29 is 0 Å². The molecule has 0 atom stereocenters. The maximum atomic E-state index is 9.61. The third kappa shape index (κ3) is 5.30. The highest BCUT2D eigenvalue weighted by Gasteiger charge is 2.51. The third-order valence-corrected chi connectivity index (χ3v) is 14.4. The van der Waals surface area contributed by atoms with E-state index in [-0.39, 0.29) is 5.41 Å². The van der Waals surface area contributed by atoms with Gasteiger partial charge in [0.25, 0.3) is 0 Å². The van der Waals surface area contributed by atoms with Crippen molar-refractivity contribution in [3.05, 3.63) is 234 Å². The van der Waals surface area contributed by atoms with Crippen LogP contribution in [0.4, 0.5) is 0 Å². The number of rotatable bonds is 5. The van der Waals surface area contributed by atoms with Crippen LogP contribution in [0.1, 0.15) is 27.8 Å². The molecule has 0 bridgehead atoms. The summed E-state index contributed by atoms with van der Waals surface area (Å²) in [6.07, 6.45) is 0. The Hall–Kier alpha value is -8.30. The monoisotopic (exact) mass is 830 g/mol. The molecule has 5 heteroatoms. The Bertz CT molecular complexity index is 3680. The minimum Gasteiger partial charge on any atom is -0.208 e. The zero-order valence-electron chi connectivity index (χ0n) is 34.3. The zero-order chi connectivity index (χ0) is 42.4. The maximum absolute atomic E-state index is 9.61. The summed E-state index contributed by atoms with van der Waals surface area (Å²) >= 11 is 1.70. The number of fused-ring (bicyclic) bond motifs is 13. The second-order valence-electron chi connectivity index (χ2n) is 16.5. The number of nitriles is 1. The van der Waals surface area contributed by atoms with Crippen molar-refractivity contribution in [2.45, 2.75) is 5.41 Å². The summed E-state index contributed by atoms with van der Waals surface area (Å²) in [4.78, 5) is 15.2. The third-order valence-electron chi connectivity index (χ3n) is 13.2. The largest absolute Gasteiger partial charge is 0.208 e. The molecular weight excluding hydrogens is 797 g/mol. The lowest BCUT2D eigenvalue weighted by molar-refractivity contribution is 0.794. The van der Waals surface area contributed by atoms with Gasteiger partial charge in [0.15, 0.2) is 17.5 Å². The lowest BCUT2D eigenvalue weighted by atomic mass is 9.70. The average Bonchev–Trinajstić information content (AvgIpc) is 4.00. The fourth-order valence-corrected chi connectivity index (χ4v) is 11.6. The first-order valence-electron chi connectivity index (χ1n) is 21.5. The smallest absolute Gasteiger partial charge is 0.165 e. The normalized spacial score (nSPS) is 12.8. The van der Waals surface area contributed by atoms with Crippen LogP contribution in [0.25, 0.3) is 98.8 Å². The lowest BCUT2D eigenvalue weighted by Gasteiger charge is -2.30. The first kappa shape index (κ1) is 36.4. The molecule has 13 rings (SSSR count). The van der Waals surface area contributed by atoms with Gasteiger partial charge in [-0.1, -0.05) is 182 Å². The average molecular weight is 831 g/mol. The summed E-state index contributed by atoms with van der Waals surface area (Å²) in [6, 6.07) is 75.8. The van der Waals surface area contributed by atoms with Gasteiger partial charge in [0, 0.05) is 36.9 Å². The van der Waals surface area contributed by atoms with Crippen LogP contribution < -0.4 is 0 Å². The Kier molecular flexibility index (Phi) is 8.02. The van der Waals surface area contributed by atoms with Gasteiger partial charge in [-0.05, 0) is 91.0 Å². The summed E-state index contributed by atoms with van der Waals surface area (Å²) in [7, 11) is 0. The van der Waals surface area contributed by atoms with Crippen LogP contribution in [0, 0.1) is 11.3 Å². The van der Waals surface area contributed by atoms with Crippen molar-refractivity contribution in [2.24, 2.45) is 0 Å². The van der Waals surface area contributed by atoms with E-state index in [1.807, 2.05) is 54.6 Å². The molecule has 64 heavy (non-hydrogen) atoms. The van der Waals surface area contributed by atoms with Gasteiger partial charge < -0.3 is 0 Å². The van der Waals surface area contributed by atoms with Gasteiger partial charge in [0.1, 0.15) is 0 Å². The van der Waals surface area contributed by atoms with E-state index in [0.29, 0.717) is 23.0 Å². The van der Waals surface area contributed by atoms with Crippen LogP contribution in [-0.2, 0) is 5.41 Å². The Balaban J connectivity index is 0.874. The molecule has 11 aromatic rings. The molecular formula is C59H34N4S. The lowest BCUT2D eigenvalue weighted by Crippen LogP contribution is -2.25. The molecule has 4 nitrogen and oxygen atoms in total. The number of nitrogens with zero attached hydrogens (tertiary/aromatic N) is 4. The van der Waals surface area contributed by atoms with E-state index >= 15 is 0 Å². The van der Waals surface area contributed by atoms with Gasteiger partial charge in [0.2, 0.25) is 0 Å². The van der Waals surface area contributed by atoms with Gasteiger partial charge in [-0.3, -0.25) is 0 Å². The molecule has 0 fully saturated rings. The number of aromatic nitrogens is 3. The molecule has 0 saturated heterocycles. The van der Waals surface area contributed by atoms with Crippen molar-refractivity contribution in [3.63, 3.8) is 0 Å². The summed E-state index contributed by atoms with van der Waals surface area (Å²) in [6.45, 7) is 0. The first-order valence-corrected chi connectivity index (χ1v) is 22.3. The molecule has 2 aliphatic rings. The van der Waals surface area contributed by atoms with E-state index in [0.717, 1.165) is 48.0 Å². The molecule has 2 aliphatic carbocycles. The Morgan fingerprint density at radius 1 is 0.375 bits per heavy atom. The quantitative estimate of drug-likeness (QED) is 0.173. The van der Waals surface area contributed by atoms with E-state index in [1.54, 1.807) is 11.3 Å². The molecule has 1 spiro atoms. The van der Waals surface area contributed by atoms with Crippen molar-refractivity contribution in [2.75, 3.05) is 0 Å². The fourth-order valence-electron chi connectivity index (χ4n) is 10.4. The topological polar surface area (TPSA) is 62.5 Å². The van der Waals surface area contributed by atoms with Crippen molar-refractivity contribution >= 4 is 31.5 Å². The highest BCUT2D eigenvalue weighted by atomic mass is 32.1. The summed E-state index contributed by atoms with van der Waals surface area (Å²) in [5.41, 5.74) is 18.4. The molecule has 0 amide bonds. The maximum Gasteiger partial charge on any atom is 0.165 e. The molecule has 296 valence electrons. The number of hydrogen-bond acceptors (Lipinski definition) is 5. The van der Waals surface area contributed by atoms with Gasteiger partial charge >= 0.3 is 0 Å². The summed E-state index contributed by atoms with van der Waals surface area (Å²) < 4.78 is 2.20. The van der Waals surface area contributed by atoms with Crippen molar-refractivity contribution in [3.8, 4) is 84.7 Å². The van der Waals surface area contributed by atoms with Crippen LogP contribution in [0.3, 0.4) is 0 Å². The molecule has 0 radical (unpaired) electrons. The predicted octanol–water partition coefficient (Wildman–Crippen LogP) is 14.8. The van der Waals surface area contributed by atoms with Crippen LogP contribution in [-0.4, -0.2) is 15.0 Å². The second kappa shape index (κ2) is 14.1. The number of benzene rings is 9. The van der Waals surface area contributed by atoms with E-state index < -0.39 is 0 Å². The predicted molar refractivity (Wildman–Crippen MR) is 261 cm³/mol. The molecule has 0 saturated carbocycles. The van der Waals surface area contributed by atoms with Crippen LogP contribution in [0.15, 0.2) is 206 Å². The van der Waals surface area contributed by atoms with Crippen LogP contribution >= 0.6 is 11.3 Å². The van der Waals surface area contributed by atoms with Gasteiger partial charge in [-0.15, -0.1) is 11.3 Å². The first-order chi connectivity index (χ1) is 31.7. The zero-order valence-corrected chi connectivity index (χ0v) is 35.1. The van der Waals surface area contributed by atoms with Crippen LogP contribution in [0.2, 0.25) is 0 Å². The van der Waals surface area contributed by atoms with E-state index in [2.05, 4.69) is 158 Å². The SMILES string of the molecule is N#Cc1ccc2sc3c(-c4nc(-c5ccccc5)nc(-c5ccc(-c6ccc(-c7cccc8c7-c7ccccc7C87c8ccccc8-c8ccccc87)cc6)cc5)n4)cccc3c2c1. The fraction of sp³-hybridized carbons (Fsp3) is 0.0169. The Morgan fingerprint density at radius 2 is 0.875 bits per heavy atom.